The number of benzene rings is 2. The second kappa shape index (κ2) is 4.72. The van der Waals surface area contributed by atoms with E-state index in [0.29, 0.717) is 5.88 Å². The fourth-order valence-corrected chi connectivity index (χ4v) is 2.33. The van der Waals surface area contributed by atoms with E-state index in [9.17, 15) is 0 Å². The van der Waals surface area contributed by atoms with Crippen LogP contribution in [0.25, 0.3) is 10.8 Å². The van der Waals surface area contributed by atoms with Crippen molar-refractivity contribution in [1.29, 1.82) is 0 Å². The molecule has 0 aliphatic carbocycles. The highest BCUT2D eigenvalue weighted by Gasteiger charge is 1.95. The van der Waals surface area contributed by atoms with Crippen LogP contribution in [-0.2, 0) is 0 Å². The summed E-state index contributed by atoms with van der Waals surface area (Å²) >= 11 is 7.45. The minimum atomic E-state index is 0.706. The molecule has 0 unspecified atom stereocenters. The second-order valence-electron chi connectivity index (χ2n) is 3.05. The number of hydrogen-bond acceptors (Lipinski definition) is 1. The molecular weight excluding hydrogens is 212 g/mol. The van der Waals surface area contributed by atoms with Gasteiger partial charge in [-0.1, -0.05) is 30.3 Å². The van der Waals surface area contributed by atoms with Crippen LogP contribution in [0, 0.1) is 0 Å². The van der Waals surface area contributed by atoms with Gasteiger partial charge in [0.15, 0.2) is 0 Å². The molecule has 0 amide bonds. The first-order valence-electron chi connectivity index (χ1n) is 4.58. The predicted octanol–water partition coefficient (Wildman–Crippen LogP) is 4.17. The summed E-state index contributed by atoms with van der Waals surface area (Å²) in [7, 11) is 0. The van der Waals surface area contributed by atoms with Crippen molar-refractivity contribution >= 4 is 34.1 Å². The lowest BCUT2D eigenvalue weighted by Crippen LogP contribution is -1.79. The number of rotatable bonds is 3. The van der Waals surface area contributed by atoms with E-state index in [-0.39, 0.29) is 0 Å². The summed E-state index contributed by atoms with van der Waals surface area (Å²) in [6.07, 6.45) is 0. The van der Waals surface area contributed by atoms with Crippen LogP contribution in [0.15, 0.2) is 47.4 Å². The average Bonchev–Trinajstić information content (AvgIpc) is 2.26. The Morgan fingerprint density at radius 1 is 1.00 bits per heavy atom. The molecule has 0 spiro atoms. The van der Waals surface area contributed by atoms with Gasteiger partial charge in [0.25, 0.3) is 0 Å². The molecule has 0 saturated heterocycles. The lowest BCUT2D eigenvalue weighted by Gasteiger charge is -2.01. The van der Waals surface area contributed by atoms with Gasteiger partial charge in [0.1, 0.15) is 0 Å². The molecule has 14 heavy (non-hydrogen) atoms. The minimum Gasteiger partial charge on any atom is -0.126 e. The number of hydrogen-bond donors (Lipinski definition) is 0. The number of fused-ring (bicyclic) bond motifs is 1. The van der Waals surface area contributed by atoms with Gasteiger partial charge in [-0.15, -0.1) is 23.4 Å². The number of thioether (sulfide) groups is 1. The third-order valence-electron chi connectivity index (χ3n) is 2.07. The molecule has 2 heteroatoms. The lowest BCUT2D eigenvalue weighted by molar-refractivity contribution is 1.46. The van der Waals surface area contributed by atoms with E-state index in [1.807, 2.05) is 0 Å². The molecule has 0 nitrogen and oxygen atoms in total. The molecule has 0 bridgehead atoms. The summed E-state index contributed by atoms with van der Waals surface area (Å²) in [4.78, 5) is 1.30. The zero-order valence-electron chi connectivity index (χ0n) is 7.74. The molecule has 0 heterocycles. The second-order valence-corrected chi connectivity index (χ2v) is 4.59. The Balaban J connectivity index is 2.32. The summed E-state index contributed by atoms with van der Waals surface area (Å²) < 4.78 is 0. The van der Waals surface area contributed by atoms with E-state index in [1.165, 1.54) is 15.7 Å². The quantitative estimate of drug-likeness (QED) is 0.555. The maximum absolute atomic E-state index is 5.65. The van der Waals surface area contributed by atoms with Crippen LogP contribution in [0.3, 0.4) is 0 Å². The molecule has 72 valence electrons. The van der Waals surface area contributed by atoms with Gasteiger partial charge in [-0.3, -0.25) is 0 Å². The molecular formula is C12H11ClS. The smallest absolute Gasteiger partial charge is 0.0317 e. The summed E-state index contributed by atoms with van der Waals surface area (Å²) in [5, 5.41) is 2.59. The molecule has 2 rings (SSSR count). The molecule has 0 aromatic heterocycles. The maximum Gasteiger partial charge on any atom is 0.0317 e. The van der Waals surface area contributed by atoms with Gasteiger partial charge in [0, 0.05) is 16.5 Å². The van der Waals surface area contributed by atoms with E-state index in [2.05, 4.69) is 42.5 Å². The van der Waals surface area contributed by atoms with Crippen molar-refractivity contribution in [2.45, 2.75) is 4.90 Å². The monoisotopic (exact) mass is 222 g/mol. The van der Waals surface area contributed by atoms with Crippen molar-refractivity contribution in [2.24, 2.45) is 0 Å². The van der Waals surface area contributed by atoms with Crippen molar-refractivity contribution in [3.05, 3.63) is 42.5 Å². The molecule has 0 aliphatic rings. The van der Waals surface area contributed by atoms with Gasteiger partial charge >= 0.3 is 0 Å². The maximum atomic E-state index is 5.65. The highest BCUT2D eigenvalue weighted by molar-refractivity contribution is 7.99. The zero-order valence-corrected chi connectivity index (χ0v) is 9.31. The Hall–Kier alpha value is -0.660. The van der Waals surface area contributed by atoms with Crippen LogP contribution >= 0.6 is 23.4 Å². The first-order chi connectivity index (χ1) is 6.90. The van der Waals surface area contributed by atoms with Crippen molar-refractivity contribution in [3.8, 4) is 0 Å². The molecule has 0 radical (unpaired) electrons. The Morgan fingerprint density at radius 3 is 2.57 bits per heavy atom. The normalized spacial score (nSPS) is 10.6. The van der Waals surface area contributed by atoms with Gasteiger partial charge in [-0.2, -0.15) is 0 Å². The predicted molar refractivity (Wildman–Crippen MR) is 65.4 cm³/mol. The van der Waals surface area contributed by atoms with Crippen molar-refractivity contribution in [1.82, 2.24) is 0 Å². The summed E-state index contributed by atoms with van der Waals surface area (Å²) in [5.74, 6) is 1.68. The standard InChI is InChI=1S/C12H11ClS/c13-7-8-14-12-6-5-10-3-1-2-4-11(10)9-12/h1-6,9H,7-8H2. The van der Waals surface area contributed by atoms with E-state index < -0.39 is 0 Å². The highest BCUT2D eigenvalue weighted by Crippen LogP contribution is 2.23. The van der Waals surface area contributed by atoms with E-state index >= 15 is 0 Å². The third kappa shape index (κ3) is 2.23. The molecule has 0 saturated carbocycles. The molecule has 2 aromatic rings. The fourth-order valence-electron chi connectivity index (χ4n) is 1.41. The van der Waals surface area contributed by atoms with Gasteiger partial charge < -0.3 is 0 Å². The van der Waals surface area contributed by atoms with Gasteiger partial charge in [0.05, 0.1) is 0 Å². The average molecular weight is 223 g/mol. The minimum absolute atomic E-state index is 0.706. The summed E-state index contributed by atoms with van der Waals surface area (Å²) in [6.45, 7) is 0. The lowest BCUT2D eigenvalue weighted by atomic mass is 10.1. The van der Waals surface area contributed by atoms with Crippen molar-refractivity contribution in [3.63, 3.8) is 0 Å². The van der Waals surface area contributed by atoms with Gasteiger partial charge in [-0.05, 0) is 22.9 Å². The van der Waals surface area contributed by atoms with E-state index in [0.717, 1.165) is 5.75 Å². The van der Waals surface area contributed by atoms with Crippen LogP contribution in [0.1, 0.15) is 0 Å². The molecule has 0 atom stereocenters. The van der Waals surface area contributed by atoms with Crippen molar-refractivity contribution < 1.29 is 0 Å². The molecule has 0 N–H and O–H groups in total. The Morgan fingerprint density at radius 2 is 1.79 bits per heavy atom. The van der Waals surface area contributed by atoms with Crippen LogP contribution in [0.2, 0.25) is 0 Å². The first kappa shape index (κ1) is 9.88. The topological polar surface area (TPSA) is 0 Å². The number of alkyl halides is 1. The molecule has 0 aliphatic heterocycles. The zero-order chi connectivity index (χ0) is 9.80. The van der Waals surface area contributed by atoms with Crippen molar-refractivity contribution in [2.75, 3.05) is 11.6 Å². The Bertz CT molecular complexity index is 425. The molecule has 2 aromatic carbocycles. The van der Waals surface area contributed by atoms with E-state index in [4.69, 9.17) is 11.6 Å². The van der Waals surface area contributed by atoms with Crippen LogP contribution in [0.5, 0.6) is 0 Å². The Kier molecular flexibility index (Phi) is 3.33. The van der Waals surface area contributed by atoms with Gasteiger partial charge in [-0.25, -0.2) is 0 Å². The first-order valence-corrected chi connectivity index (χ1v) is 6.10. The third-order valence-corrected chi connectivity index (χ3v) is 3.48. The summed E-state index contributed by atoms with van der Waals surface area (Å²) in [6, 6.07) is 14.9. The fraction of sp³-hybridized carbons (Fsp3) is 0.167. The summed E-state index contributed by atoms with van der Waals surface area (Å²) in [5.41, 5.74) is 0. The van der Waals surface area contributed by atoms with E-state index in [1.54, 1.807) is 11.8 Å². The highest BCUT2D eigenvalue weighted by atomic mass is 35.5. The largest absolute Gasteiger partial charge is 0.126 e. The van der Waals surface area contributed by atoms with Gasteiger partial charge in [0.2, 0.25) is 0 Å². The van der Waals surface area contributed by atoms with Crippen LogP contribution in [0.4, 0.5) is 0 Å². The van der Waals surface area contributed by atoms with Crippen LogP contribution in [-0.4, -0.2) is 11.6 Å². The number of halogens is 1. The molecule has 0 fully saturated rings. The van der Waals surface area contributed by atoms with Crippen LogP contribution < -0.4 is 0 Å². The SMILES string of the molecule is ClCCSc1ccc2ccccc2c1. The Labute approximate surface area is 93.3 Å².